The molecule has 0 aromatic carbocycles. The molecule has 1 saturated heterocycles. The molecule has 3 aromatic rings. The zero-order valence-corrected chi connectivity index (χ0v) is 17.5. The number of halogens is 4. The van der Waals surface area contributed by atoms with Crippen LogP contribution in [0.1, 0.15) is 54.1 Å². The van der Waals surface area contributed by atoms with Gasteiger partial charge in [-0.05, 0) is 32.4 Å². The predicted octanol–water partition coefficient (Wildman–Crippen LogP) is 3.92. The minimum absolute atomic E-state index is 0.0942. The van der Waals surface area contributed by atoms with Gasteiger partial charge in [0.25, 0.3) is 0 Å². The van der Waals surface area contributed by atoms with Crippen LogP contribution in [0, 0.1) is 0 Å². The Balaban J connectivity index is 1.58. The molecule has 0 amide bonds. The molecule has 2 aliphatic heterocycles. The van der Waals surface area contributed by atoms with Crippen LogP contribution >= 0.6 is 0 Å². The molecule has 10 heteroatoms. The number of hydrogen-bond donors (Lipinski definition) is 1. The molecule has 1 fully saturated rings. The predicted molar refractivity (Wildman–Crippen MR) is 108 cm³/mol. The molecular weight excluding hydrogens is 426 g/mol. The second-order valence-corrected chi connectivity index (χ2v) is 8.75. The van der Waals surface area contributed by atoms with Crippen LogP contribution in [0.4, 0.5) is 17.6 Å². The number of pyridine rings is 1. The van der Waals surface area contributed by atoms with Gasteiger partial charge < -0.3 is 9.67 Å². The smallest absolute Gasteiger partial charge is 0.384 e. The standard InChI is InChI=1S/C22H23F4N5O/c1-21(32,13-4-5-17(27-10-13)22(24,25)26)12-31-15-6-8-30-7-2-3-14(30)19(15)20-16(31)11-28-18(9-23)29-20/h4-5,10-11,14,32H,2-3,6-9,12H2,1H3. The Kier molecular flexibility index (Phi) is 4.97. The number of aromatic nitrogens is 4. The summed E-state index contributed by atoms with van der Waals surface area (Å²) in [6.07, 6.45) is 0.910. The molecule has 170 valence electrons. The molecule has 2 aliphatic rings. The van der Waals surface area contributed by atoms with E-state index in [1.165, 1.54) is 6.07 Å². The topological polar surface area (TPSA) is 67.1 Å². The summed E-state index contributed by atoms with van der Waals surface area (Å²) in [4.78, 5) is 14.5. The fourth-order valence-corrected chi connectivity index (χ4v) is 5.05. The summed E-state index contributed by atoms with van der Waals surface area (Å²) in [5.74, 6) is 0.117. The first kappa shape index (κ1) is 21.3. The largest absolute Gasteiger partial charge is 0.433 e. The van der Waals surface area contributed by atoms with Crippen molar-refractivity contribution in [1.29, 1.82) is 0 Å². The summed E-state index contributed by atoms with van der Waals surface area (Å²) in [6, 6.07) is 2.33. The lowest BCUT2D eigenvalue weighted by Gasteiger charge is -2.32. The summed E-state index contributed by atoms with van der Waals surface area (Å²) < 4.78 is 53.9. The van der Waals surface area contributed by atoms with Crippen LogP contribution < -0.4 is 0 Å². The van der Waals surface area contributed by atoms with Crippen molar-refractivity contribution in [3.63, 3.8) is 0 Å². The molecule has 1 N–H and O–H groups in total. The highest BCUT2D eigenvalue weighted by molar-refractivity contribution is 5.82. The Morgan fingerprint density at radius 1 is 1.16 bits per heavy atom. The average Bonchev–Trinajstić information content (AvgIpc) is 3.35. The van der Waals surface area contributed by atoms with E-state index in [0.717, 1.165) is 55.9 Å². The van der Waals surface area contributed by atoms with Crippen LogP contribution in [0.3, 0.4) is 0 Å². The molecule has 2 unspecified atom stereocenters. The van der Waals surface area contributed by atoms with Gasteiger partial charge in [0, 0.05) is 42.0 Å². The van der Waals surface area contributed by atoms with Gasteiger partial charge in [0.2, 0.25) is 0 Å². The Hall–Kier alpha value is -2.59. The fraction of sp³-hybridized carbons (Fsp3) is 0.500. The van der Waals surface area contributed by atoms with Gasteiger partial charge in [0.1, 0.15) is 18.0 Å². The van der Waals surface area contributed by atoms with Crippen LogP contribution in [-0.4, -0.2) is 42.6 Å². The van der Waals surface area contributed by atoms with E-state index >= 15 is 0 Å². The van der Waals surface area contributed by atoms with Crippen LogP contribution in [0.5, 0.6) is 0 Å². The quantitative estimate of drug-likeness (QED) is 0.612. The van der Waals surface area contributed by atoms with Gasteiger partial charge in [-0.15, -0.1) is 0 Å². The molecule has 0 spiro atoms. The first-order valence-electron chi connectivity index (χ1n) is 10.6. The van der Waals surface area contributed by atoms with Crippen molar-refractivity contribution in [3.05, 3.63) is 52.9 Å². The number of hydrogen-bond acceptors (Lipinski definition) is 5. The molecule has 0 saturated carbocycles. The van der Waals surface area contributed by atoms with Crippen molar-refractivity contribution in [2.24, 2.45) is 0 Å². The van der Waals surface area contributed by atoms with Gasteiger partial charge in [0.05, 0.1) is 23.8 Å². The number of fused-ring (bicyclic) bond motifs is 5. The van der Waals surface area contributed by atoms with Crippen LogP contribution in [0.25, 0.3) is 11.0 Å². The van der Waals surface area contributed by atoms with E-state index in [1.54, 1.807) is 13.1 Å². The summed E-state index contributed by atoms with van der Waals surface area (Å²) >= 11 is 0. The summed E-state index contributed by atoms with van der Waals surface area (Å²) in [7, 11) is 0. The minimum atomic E-state index is -4.54. The zero-order valence-electron chi connectivity index (χ0n) is 17.5. The van der Waals surface area contributed by atoms with Crippen molar-refractivity contribution >= 4 is 11.0 Å². The maximum Gasteiger partial charge on any atom is 0.433 e. The minimum Gasteiger partial charge on any atom is -0.384 e. The summed E-state index contributed by atoms with van der Waals surface area (Å²) in [5.41, 5.74) is 1.26. The van der Waals surface area contributed by atoms with Crippen molar-refractivity contribution in [2.75, 3.05) is 13.1 Å². The van der Waals surface area contributed by atoms with Crippen LogP contribution in [-0.2, 0) is 31.4 Å². The highest BCUT2D eigenvalue weighted by Gasteiger charge is 2.38. The second-order valence-electron chi connectivity index (χ2n) is 8.75. The molecule has 3 aromatic heterocycles. The SMILES string of the molecule is CC(O)(Cn1c2c(c3nc(CF)ncc31)C1CCCN1CC2)c1ccc(C(F)(F)F)nc1. The number of nitrogens with zero attached hydrogens (tertiary/aromatic N) is 5. The third kappa shape index (κ3) is 3.45. The van der Waals surface area contributed by atoms with E-state index in [2.05, 4.69) is 19.9 Å². The van der Waals surface area contributed by atoms with Gasteiger partial charge in [-0.2, -0.15) is 13.2 Å². The van der Waals surface area contributed by atoms with Crippen molar-refractivity contribution < 1.29 is 22.7 Å². The normalized spacial score (nSPS) is 20.9. The molecule has 6 nitrogen and oxygen atoms in total. The molecule has 0 bridgehead atoms. The molecule has 0 radical (unpaired) electrons. The molecule has 0 aliphatic carbocycles. The Labute approximate surface area is 181 Å². The van der Waals surface area contributed by atoms with Gasteiger partial charge in [-0.3, -0.25) is 9.88 Å². The lowest BCUT2D eigenvalue weighted by atomic mass is 9.96. The number of rotatable bonds is 4. The molecular formula is C22H23F4N5O. The third-order valence-electron chi connectivity index (χ3n) is 6.60. The highest BCUT2D eigenvalue weighted by Crippen LogP contribution is 2.43. The molecule has 5 heterocycles. The first-order valence-corrected chi connectivity index (χ1v) is 10.6. The van der Waals surface area contributed by atoms with Crippen molar-refractivity contribution in [1.82, 2.24) is 24.4 Å². The Bertz CT molecular complexity index is 1160. The average molecular weight is 449 g/mol. The maximum atomic E-state index is 13.3. The Morgan fingerprint density at radius 2 is 1.97 bits per heavy atom. The summed E-state index contributed by atoms with van der Waals surface area (Å²) in [5, 5.41) is 11.2. The monoisotopic (exact) mass is 449 g/mol. The number of alkyl halides is 4. The van der Waals surface area contributed by atoms with Gasteiger partial charge in [-0.1, -0.05) is 6.07 Å². The van der Waals surface area contributed by atoms with Crippen molar-refractivity contribution in [2.45, 2.75) is 57.2 Å². The van der Waals surface area contributed by atoms with E-state index in [0.29, 0.717) is 11.0 Å². The summed E-state index contributed by atoms with van der Waals surface area (Å²) in [6.45, 7) is 2.77. The van der Waals surface area contributed by atoms with E-state index in [9.17, 15) is 22.7 Å². The van der Waals surface area contributed by atoms with Crippen LogP contribution in [0.2, 0.25) is 0 Å². The van der Waals surface area contributed by atoms with Gasteiger partial charge in [0.15, 0.2) is 5.82 Å². The van der Waals surface area contributed by atoms with E-state index < -0.39 is 24.1 Å². The Morgan fingerprint density at radius 3 is 2.66 bits per heavy atom. The lowest BCUT2D eigenvalue weighted by molar-refractivity contribution is -0.141. The van der Waals surface area contributed by atoms with Gasteiger partial charge in [-0.25, -0.2) is 14.4 Å². The van der Waals surface area contributed by atoms with Gasteiger partial charge >= 0.3 is 6.18 Å². The third-order valence-corrected chi connectivity index (χ3v) is 6.60. The van der Waals surface area contributed by atoms with E-state index in [-0.39, 0.29) is 24.0 Å². The van der Waals surface area contributed by atoms with E-state index in [4.69, 9.17) is 0 Å². The number of aliphatic hydroxyl groups is 1. The highest BCUT2D eigenvalue weighted by atomic mass is 19.4. The fourth-order valence-electron chi connectivity index (χ4n) is 5.05. The molecule has 2 atom stereocenters. The molecule has 5 rings (SSSR count). The van der Waals surface area contributed by atoms with Crippen LogP contribution in [0.15, 0.2) is 24.5 Å². The lowest BCUT2D eigenvalue weighted by Crippen LogP contribution is -2.33. The zero-order chi connectivity index (χ0) is 22.7. The van der Waals surface area contributed by atoms with E-state index in [1.807, 2.05) is 4.57 Å². The maximum absolute atomic E-state index is 13.3. The van der Waals surface area contributed by atoms with Crippen molar-refractivity contribution in [3.8, 4) is 0 Å². The first-order chi connectivity index (χ1) is 15.2. The second kappa shape index (κ2) is 7.48. The molecule has 32 heavy (non-hydrogen) atoms.